The van der Waals surface area contributed by atoms with E-state index in [1.54, 1.807) is 6.08 Å². The number of rotatable bonds is 4. The first-order valence-corrected chi connectivity index (χ1v) is 9.52. The van der Waals surface area contributed by atoms with E-state index in [0.29, 0.717) is 18.9 Å². The second-order valence-corrected chi connectivity index (χ2v) is 7.21. The van der Waals surface area contributed by atoms with E-state index in [-0.39, 0.29) is 12.1 Å². The van der Waals surface area contributed by atoms with Crippen molar-refractivity contribution < 1.29 is 19.1 Å². The molecular formula is C21H25N3O4. The van der Waals surface area contributed by atoms with E-state index in [1.807, 2.05) is 55.3 Å². The van der Waals surface area contributed by atoms with Crippen molar-refractivity contribution in [3.05, 3.63) is 59.6 Å². The van der Waals surface area contributed by atoms with Crippen LogP contribution in [0.5, 0.6) is 0 Å². The summed E-state index contributed by atoms with van der Waals surface area (Å²) >= 11 is 0. The van der Waals surface area contributed by atoms with Crippen molar-refractivity contribution in [3.63, 3.8) is 0 Å². The minimum atomic E-state index is -0.911. The van der Waals surface area contributed by atoms with E-state index in [1.165, 1.54) is 0 Å². The molecule has 28 heavy (non-hydrogen) atoms. The maximum absolute atomic E-state index is 12.5. The van der Waals surface area contributed by atoms with E-state index >= 15 is 0 Å². The highest BCUT2D eigenvalue weighted by atomic mass is 16.5. The maximum Gasteiger partial charge on any atom is 0.319 e. The number of hydrogen-bond acceptors (Lipinski definition) is 5. The van der Waals surface area contributed by atoms with Crippen LogP contribution in [-0.2, 0) is 4.74 Å². The fraction of sp³-hybridized carbons (Fsp3) is 0.381. The molecule has 3 N–H and O–H groups in total. The van der Waals surface area contributed by atoms with Gasteiger partial charge in [-0.25, -0.2) is 4.79 Å². The summed E-state index contributed by atoms with van der Waals surface area (Å²) < 4.78 is 11.3. The highest BCUT2D eigenvalue weighted by molar-refractivity contribution is 5.82. The number of benzene rings is 1. The molecule has 0 saturated carbocycles. The van der Waals surface area contributed by atoms with Crippen LogP contribution in [0.1, 0.15) is 30.7 Å². The van der Waals surface area contributed by atoms with Crippen LogP contribution in [-0.4, -0.2) is 41.5 Å². The number of aliphatic hydroxyl groups is 1. The van der Waals surface area contributed by atoms with E-state index in [2.05, 4.69) is 10.6 Å². The van der Waals surface area contributed by atoms with Gasteiger partial charge in [0, 0.05) is 23.8 Å². The van der Waals surface area contributed by atoms with Crippen LogP contribution in [0.4, 0.5) is 4.79 Å². The normalized spacial score (nSPS) is 23.0. The average Bonchev–Trinajstić information content (AvgIpc) is 3.32. The van der Waals surface area contributed by atoms with Crippen LogP contribution in [0.2, 0.25) is 0 Å². The van der Waals surface area contributed by atoms with Crippen molar-refractivity contribution >= 4 is 17.0 Å². The molecule has 3 heterocycles. The number of fused-ring (bicyclic) bond motifs is 1. The molecule has 3 atom stereocenters. The molecule has 2 amide bonds. The first-order chi connectivity index (χ1) is 13.5. The van der Waals surface area contributed by atoms with Crippen molar-refractivity contribution in [2.24, 2.45) is 0 Å². The Morgan fingerprint density at radius 2 is 2.18 bits per heavy atom. The van der Waals surface area contributed by atoms with E-state index in [4.69, 9.17) is 9.15 Å². The Morgan fingerprint density at radius 1 is 1.36 bits per heavy atom. The van der Waals surface area contributed by atoms with Crippen LogP contribution < -0.4 is 10.6 Å². The Morgan fingerprint density at radius 3 is 2.93 bits per heavy atom. The summed E-state index contributed by atoms with van der Waals surface area (Å²) in [7, 11) is 0. The van der Waals surface area contributed by atoms with Gasteiger partial charge in [-0.05, 0) is 38.5 Å². The lowest BCUT2D eigenvalue weighted by Crippen LogP contribution is -2.48. The Labute approximate surface area is 163 Å². The lowest BCUT2D eigenvalue weighted by Gasteiger charge is -2.34. The second-order valence-electron chi connectivity index (χ2n) is 7.21. The number of furan rings is 1. The number of aliphatic hydroxyl groups excluding tert-OH is 1. The summed E-state index contributed by atoms with van der Waals surface area (Å²) in [5, 5.41) is 17.3. The number of allylic oxidation sites excluding steroid dienone is 2. The molecule has 0 spiro atoms. The van der Waals surface area contributed by atoms with Crippen molar-refractivity contribution in [1.82, 2.24) is 15.5 Å². The van der Waals surface area contributed by atoms with Crippen molar-refractivity contribution in [2.75, 3.05) is 13.2 Å². The molecule has 2 aliphatic rings. The number of hydrogen-bond donors (Lipinski definition) is 3. The van der Waals surface area contributed by atoms with Crippen molar-refractivity contribution in [2.45, 2.75) is 38.6 Å². The van der Waals surface area contributed by atoms with Gasteiger partial charge in [-0.2, -0.15) is 0 Å². The Bertz CT molecular complexity index is 927. The molecule has 1 fully saturated rings. The summed E-state index contributed by atoms with van der Waals surface area (Å²) in [6, 6.07) is 7.20. The van der Waals surface area contributed by atoms with Crippen molar-refractivity contribution in [3.8, 4) is 0 Å². The third-order valence-electron chi connectivity index (χ3n) is 5.30. The molecule has 1 saturated heterocycles. The van der Waals surface area contributed by atoms with Crippen LogP contribution in [0, 0.1) is 6.92 Å². The number of aryl methyl sites for hydroxylation is 1. The van der Waals surface area contributed by atoms with Crippen LogP contribution in [0.3, 0.4) is 0 Å². The number of carbonyl (C=O) groups is 1. The molecule has 1 aromatic heterocycles. The molecule has 2 aliphatic heterocycles. The molecule has 148 valence electrons. The van der Waals surface area contributed by atoms with Gasteiger partial charge in [0.1, 0.15) is 11.3 Å². The molecule has 7 nitrogen and oxygen atoms in total. The number of amides is 2. The number of carbonyl (C=O) groups excluding carboxylic acids is 1. The fourth-order valence-electron chi connectivity index (χ4n) is 3.79. The number of nitrogens with zero attached hydrogens (tertiary/aromatic N) is 1. The van der Waals surface area contributed by atoms with E-state index < -0.39 is 12.3 Å². The topological polar surface area (TPSA) is 87.0 Å². The van der Waals surface area contributed by atoms with Gasteiger partial charge in [0.25, 0.3) is 0 Å². The number of ether oxygens (including phenoxy) is 1. The molecular weight excluding hydrogens is 358 g/mol. The lowest BCUT2D eigenvalue weighted by atomic mass is 10.1. The molecule has 3 unspecified atom stereocenters. The SMILES string of the molecule is Cc1c(C(C)NC(=O)NC2=CC=CN(C3CCOC3)C2O)oc2ccccc12. The van der Waals surface area contributed by atoms with E-state index in [9.17, 15) is 9.90 Å². The van der Waals surface area contributed by atoms with Gasteiger partial charge >= 0.3 is 6.03 Å². The standard InChI is InChI=1S/C21H25N3O4/c1-13-16-6-3-4-8-18(16)28-19(13)14(2)22-21(26)23-17-7-5-10-24(20(17)25)15-9-11-27-12-15/h3-8,10,14-15,20,25H,9,11-12H2,1-2H3,(H2,22,23,26). The summed E-state index contributed by atoms with van der Waals surface area (Å²) in [6.45, 7) is 5.11. The van der Waals surface area contributed by atoms with E-state index in [0.717, 1.165) is 28.7 Å². The zero-order valence-corrected chi connectivity index (χ0v) is 16.0. The van der Waals surface area contributed by atoms with Gasteiger partial charge in [-0.15, -0.1) is 0 Å². The molecule has 1 aromatic carbocycles. The van der Waals surface area contributed by atoms with Crippen LogP contribution in [0.15, 0.2) is 52.7 Å². The van der Waals surface area contributed by atoms with Gasteiger partial charge in [0.05, 0.1) is 24.4 Å². The number of urea groups is 1. The maximum atomic E-state index is 12.5. The smallest absolute Gasteiger partial charge is 0.319 e. The molecule has 7 heteroatoms. The zero-order chi connectivity index (χ0) is 19.7. The zero-order valence-electron chi connectivity index (χ0n) is 16.0. The van der Waals surface area contributed by atoms with Crippen LogP contribution in [0.25, 0.3) is 11.0 Å². The third kappa shape index (κ3) is 3.50. The van der Waals surface area contributed by atoms with Gasteiger partial charge in [-0.1, -0.05) is 18.2 Å². The van der Waals surface area contributed by atoms with Gasteiger partial charge in [0.15, 0.2) is 6.23 Å². The molecule has 0 aliphatic carbocycles. The minimum absolute atomic E-state index is 0.108. The van der Waals surface area contributed by atoms with Crippen LogP contribution >= 0.6 is 0 Å². The average molecular weight is 383 g/mol. The first kappa shape index (κ1) is 18.6. The summed E-state index contributed by atoms with van der Waals surface area (Å²) in [5.74, 6) is 0.721. The molecule has 4 rings (SSSR count). The lowest BCUT2D eigenvalue weighted by molar-refractivity contribution is 0.0286. The summed E-state index contributed by atoms with van der Waals surface area (Å²) in [5.41, 5.74) is 2.24. The molecule has 0 radical (unpaired) electrons. The number of para-hydroxylation sites is 1. The predicted molar refractivity (Wildman–Crippen MR) is 105 cm³/mol. The number of nitrogens with one attached hydrogen (secondary N) is 2. The third-order valence-corrected chi connectivity index (χ3v) is 5.30. The van der Waals surface area contributed by atoms with Gasteiger partial charge in [0.2, 0.25) is 0 Å². The first-order valence-electron chi connectivity index (χ1n) is 9.52. The highest BCUT2D eigenvalue weighted by Crippen LogP contribution is 2.29. The minimum Gasteiger partial charge on any atom is -0.459 e. The molecule has 2 aromatic rings. The Hall–Kier alpha value is -2.77. The molecule has 0 bridgehead atoms. The summed E-state index contributed by atoms with van der Waals surface area (Å²) in [4.78, 5) is 14.3. The largest absolute Gasteiger partial charge is 0.459 e. The van der Waals surface area contributed by atoms with Crippen molar-refractivity contribution in [1.29, 1.82) is 0 Å². The van der Waals surface area contributed by atoms with Gasteiger partial charge in [-0.3, -0.25) is 0 Å². The quantitative estimate of drug-likeness (QED) is 0.756. The highest BCUT2D eigenvalue weighted by Gasteiger charge is 2.30. The van der Waals surface area contributed by atoms with Gasteiger partial charge < -0.3 is 29.8 Å². The fourth-order valence-corrected chi connectivity index (χ4v) is 3.79. The Kier molecular flexibility index (Phi) is 5.11. The second kappa shape index (κ2) is 7.69. The monoisotopic (exact) mass is 383 g/mol. The summed E-state index contributed by atoms with van der Waals surface area (Å²) in [6.07, 6.45) is 5.28. The predicted octanol–water partition coefficient (Wildman–Crippen LogP) is 2.92. The Balaban J connectivity index is 1.41.